The molecule has 6 nitrogen and oxygen atoms in total. The normalized spacial score (nSPS) is 12.0. The molecule has 1 aliphatic heterocycles. The predicted molar refractivity (Wildman–Crippen MR) is 95.1 cm³/mol. The lowest BCUT2D eigenvalue weighted by atomic mass is 10.1. The van der Waals surface area contributed by atoms with Gasteiger partial charge in [0.25, 0.3) is 0 Å². The molecule has 0 atom stereocenters. The summed E-state index contributed by atoms with van der Waals surface area (Å²) in [4.78, 5) is 25.8. The number of hydrogen-bond donors (Lipinski definition) is 1. The van der Waals surface area contributed by atoms with E-state index >= 15 is 0 Å². The standard InChI is InChI=1S/C19H20N2O4/c1-12-6-13(2)8-15(7-12)20-19(23)10-21(14(3)22)16-4-5-17-18(9-16)25-11-24-17/h4-9H,10-11H2,1-3H3,(H,20,23). The fraction of sp³-hybridized carbons (Fsp3) is 0.263. The van der Waals surface area contributed by atoms with E-state index in [2.05, 4.69) is 5.32 Å². The first-order valence-electron chi connectivity index (χ1n) is 7.98. The highest BCUT2D eigenvalue weighted by Crippen LogP contribution is 2.35. The van der Waals surface area contributed by atoms with Crippen molar-refractivity contribution < 1.29 is 19.1 Å². The average molecular weight is 340 g/mol. The van der Waals surface area contributed by atoms with Gasteiger partial charge in [-0.15, -0.1) is 0 Å². The number of anilines is 2. The Balaban J connectivity index is 1.75. The Morgan fingerprint density at radius 2 is 1.72 bits per heavy atom. The summed E-state index contributed by atoms with van der Waals surface area (Å²) in [6, 6.07) is 11.0. The fourth-order valence-corrected chi connectivity index (χ4v) is 2.83. The third kappa shape index (κ3) is 3.91. The summed E-state index contributed by atoms with van der Waals surface area (Å²) in [7, 11) is 0. The van der Waals surface area contributed by atoms with Gasteiger partial charge in [-0.2, -0.15) is 0 Å². The van der Waals surface area contributed by atoms with Crippen LogP contribution >= 0.6 is 0 Å². The first-order chi connectivity index (χ1) is 11.9. The van der Waals surface area contributed by atoms with Gasteiger partial charge >= 0.3 is 0 Å². The Kier molecular flexibility index (Phi) is 4.61. The Bertz CT molecular complexity index is 812. The van der Waals surface area contributed by atoms with Crippen molar-refractivity contribution in [2.75, 3.05) is 23.6 Å². The average Bonchev–Trinajstić information content (AvgIpc) is 2.98. The van der Waals surface area contributed by atoms with Crippen LogP contribution < -0.4 is 19.7 Å². The van der Waals surface area contributed by atoms with Gasteiger partial charge in [0, 0.05) is 24.4 Å². The van der Waals surface area contributed by atoms with Gasteiger partial charge in [-0.3, -0.25) is 9.59 Å². The molecular formula is C19H20N2O4. The fourth-order valence-electron chi connectivity index (χ4n) is 2.83. The van der Waals surface area contributed by atoms with Crippen LogP contribution in [0, 0.1) is 13.8 Å². The van der Waals surface area contributed by atoms with Crippen molar-refractivity contribution >= 4 is 23.2 Å². The van der Waals surface area contributed by atoms with Gasteiger partial charge in [0.2, 0.25) is 18.6 Å². The van der Waals surface area contributed by atoms with Crippen molar-refractivity contribution in [1.82, 2.24) is 0 Å². The lowest BCUT2D eigenvalue weighted by molar-refractivity contribution is -0.120. The summed E-state index contributed by atoms with van der Waals surface area (Å²) in [5.74, 6) is 0.706. The zero-order valence-electron chi connectivity index (χ0n) is 14.5. The van der Waals surface area contributed by atoms with E-state index in [9.17, 15) is 9.59 Å². The zero-order chi connectivity index (χ0) is 18.0. The highest BCUT2D eigenvalue weighted by atomic mass is 16.7. The summed E-state index contributed by atoms with van der Waals surface area (Å²) in [6.45, 7) is 5.44. The molecule has 3 rings (SSSR count). The third-order valence-electron chi connectivity index (χ3n) is 3.86. The van der Waals surface area contributed by atoms with Crippen molar-refractivity contribution in [3.8, 4) is 11.5 Å². The maximum atomic E-state index is 12.4. The second-order valence-corrected chi connectivity index (χ2v) is 6.07. The molecule has 0 bridgehead atoms. The number of carbonyl (C=O) groups excluding carboxylic acids is 2. The van der Waals surface area contributed by atoms with Crippen LogP contribution in [-0.2, 0) is 9.59 Å². The molecule has 2 amide bonds. The van der Waals surface area contributed by atoms with Crippen LogP contribution in [0.1, 0.15) is 18.1 Å². The SMILES string of the molecule is CC(=O)N(CC(=O)Nc1cc(C)cc(C)c1)c1ccc2c(c1)OCO2. The van der Waals surface area contributed by atoms with E-state index in [-0.39, 0.29) is 25.2 Å². The van der Waals surface area contributed by atoms with Crippen molar-refractivity contribution in [3.63, 3.8) is 0 Å². The molecule has 0 aliphatic carbocycles. The minimum Gasteiger partial charge on any atom is -0.454 e. The number of rotatable bonds is 4. The van der Waals surface area contributed by atoms with Crippen molar-refractivity contribution in [1.29, 1.82) is 0 Å². The van der Waals surface area contributed by atoms with Gasteiger partial charge < -0.3 is 19.7 Å². The molecule has 0 saturated heterocycles. The lowest BCUT2D eigenvalue weighted by Crippen LogP contribution is -2.36. The van der Waals surface area contributed by atoms with Crippen LogP contribution in [0.2, 0.25) is 0 Å². The molecule has 0 spiro atoms. The molecule has 0 unspecified atom stereocenters. The summed E-state index contributed by atoms with van der Waals surface area (Å²) in [6.07, 6.45) is 0. The molecule has 6 heteroatoms. The Morgan fingerprint density at radius 1 is 1.04 bits per heavy atom. The van der Waals surface area contributed by atoms with Crippen molar-refractivity contribution in [2.24, 2.45) is 0 Å². The molecule has 0 radical (unpaired) electrons. The second-order valence-electron chi connectivity index (χ2n) is 6.07. The van der Waals surface area contributed by atoms with E-state index in [4.69, 9.17) is 9.47 Å². The third-order valence-corrected chi connectivity index (χ3v) is 3.86. The predicted octanol–water partition coefficient (Wildman–Crippen LogP) is 3.02. The van der Waals surface area contributed by atoms with Crippen LogP contribution in [0.4, 0.5) is 11.4 Å². The van der Waals surface area contributed by atoms with E-state index in [1.54, 1.807) is 18.2 Å². The monoisotopic (exact) mass is 340 g/mol. The van der Waals surface area contributed by atoms with Gasteiger partial charge in [0.1, 0.15) is 6.54 Å². The Morgan fingerprint density at radius 3 is 2.40 bits per heavy atom. The maximum absolute atomic E-state index is 12.4. The number of hydrogen-bond acceptors (Lipinski definition) is 4. The molecule has 2 aromatic carbocycles. The van der Waals surface area contributed by atoms with Crippen molar-refractivity contribution in [2.45, 2.75) is 20.8 Å². The largest absolute Gasteiger partial charge is 0.454 e. The molecule has 2 aromatic rings. The quantitative estimate of drug-likeness (QED) is 0.929. The van der Waals surface area contributed by atoms with Gasteiger partial charge in [-0.25, -0.2) is 0 Å². The minimum atomic E-state index is -0.266. The van der Waals surface area contributed by atoms with Crippen LogP contribution in [0.5, 0.6) is 11.5 Å². The van der Waals surface area contributed by atoms with Gasteiger partial charge in [0.05, 0.1) is 0 Å². The number of benzene rings is 2. The number of ether oxygens (including phenoxy) is 2. The molecule has 0 aromatic heterocycles. The highest BCUT2D eigenvalue weighted by molar-refractivity contribution is 6.02. The minimum absolute atomic E-state index is 0.0814. The Hall–Kier alpha value is -3.02. The van der Waals surface area contributed by atoms with Gasteiger partial charge in [0.15, 0.2) is 11.5 Å². The van der Waals surface area contributed by atoms with Gasteiger partial charge in [-0.1, -0.05) is 6.07 Å². The molecule has 0 fully saturated rings. The first kappa shape index (κ1) is 16.8. The van der Waals surface area contributed by atoms with Crippen LogP contribution in [0.3, 0.4) is 0 Å². The molecule has 130 valence electrons. The molecule has 25 heavy (non-hydrogen) atoms. The van der Waals surface area contributed by atoms with E-state index in [1.807, 2.05) is 32.0 Å². The highest BCUT2D eigenvalue weighted by Gasteiger charge is 2.20. The summed E-state index contributed by atoms with van der Waals surface area (Å²) >= 11 is 0. The van der Waals surface area contributed by atoms with Gasteiger partial charge in [-0.05, 0) is 49.2 Å². The van der Waals surface area contributed by atoms with E-state index in [0.717, 1.165) is 16.8 Å². The molecule has 0 saturated carbocycles. The van der Waals surface area contributed by atoms with E-state index in [0.29, 0.717) is 17.2 Å². The first-order valence-corrected chi connectivity index (χ1v) is 7.98. The summed E-state index contributed by atoms with van der Waals surface area (Å²) in [5, 5.41) is 2.84. The van der Waals surface area contributed by atoms with Crippen LogP contribution in [-0.4, -0.2) is 25.2 Å². The number of aryl methyl sites for hydroxylation is 2. The Labute approximate surface area is 146 Å². The lowest BCUT2D eigenvalue weighted by Gasteiger charge is -2.21. The number of carbonyl (C=O) groups is 2. The van der Waals surface area contributed by atoms with Crippen LogP contribution in [0.15, 0.2) is 36.4 Å². The molecule has 1 heterocycles. The number of amides is 2. The summed E-state index contributed by atoms with van der Waals surface area (Å²) < 4.78 is 10.6. The van der Waals surface area contributed by atoms with E-state index < -0.39 is 0 Å². The number of nitrogens with one attached hydrogen (secondary N) is 1. The molecular weight excluding hydrogens is 320 g/mol. The molecule has 1 aliphatic rings. The van der Waals surface area contributed by atoms with E-state index in [1.165, 1.54) is 11.8 Å². The number of nitrogens with zero attached hydrogens (tertiary/aromatic N) is 1. The summed E-state index contributed by atoms with van der Waals surface area (Å²) in [5.41, 5.74) is 3.44. The van der Waals surface area contributed by atoms with Crippen molar-refractivity contribution in [3.05, 3.63) is 47.5 Å². The second kappa shape index (κ2) is 6.84. The smallest absolute Gasteiger partial charge is 0.244 e. The van der Waals surface area contributed by atoms with Crippen LogP contribution in [0.25, 0.3) is 0 Å². The zero-order valence-corrected chi connectivity index (χ0v) is 14.5. The molecule has 1 N–H and O–H groups in total. The topological polar surface area (TPSA) is 67.9 Å². The number of fused-ring (bicyclic) bond motifs is 1. The maximum Gasteiger partial charge on any atom is 0.244 e.